The summed E-state index contributed by atoms with van der Waals surface area (Å²) >= 11 is 8.75. The number of rotatable bonds is 4. The molecule has 0 radical (unpaired) electrons. The molecule has 1 aromatic carbocycles. The first-order valence-corrected chi connectivity index (χ1v) is 7.98. The molecule has 0 bridgehead atoms. The van der Waals surface area contributed by atoms with E-state index in [9.17, 15) is 0 Å². The van der Waals surface area contributed by atoms with E-state index in [4.69, 9.17) is 5.73 Å². The summed E-state index contributed by atoms with van der Waals surface area (Å²) in [5.74, 6) is 0. The fourth-order valence-corrected chi connectivity index (χ4v) is 3.55. The second kappa shape index (κ2) is 6.19. The monoisotopic (exact) mass is 388 g/mol. The normalized spacial score (nSPS) is 12.4. The lowest BCUT2D eigenvalue weighted by Crippen LogP contribution is -2.19. The minimum atomic E-state index is 0.138. The van der Waals surface area contributed by atoms with Gasteiger partial charge in [0.2, 0.25) is 0 Å². The standard InChI is InChI=1S/C13H14Br2N2S/c1-8-2-3-9(14)10(6-8)17-11(7-16)12-4-5-13(15)18-12/h2-6,11,17H,7,16H2,1H3. The molecule has 1 unspecified atom stereocenters. The molecule has 0 aliphatic heterocycles. The Balaban J connectivity index is 2.22. The zero-order chi connectivity index (χ0) is 13.1. The fraction of sp³-hybridized carbons (Fsp3) is 0.231. The number of hydrogen-bond acceptors (Lipinski definition) is 3. The van der Waals surface area contributed by atoms with Gasteiger partial charge in [-0.25, -0.2) is 0 Å². The molecule has 3 N–H and O–H groups in total. The summed E-state index contributed by atoms with van der Waals surface area (Å²) in [7, 11) is 0. The van der Waals surface area contributed by atoms with Gasteiger partial charge in [0, 0.05) is 21.6 Å². The van der Waals surface area contributed by atoms with Gasteiger partial charge in [0.05, 0.1) is 9.83 Å². The zero-order valence-corrected chi connectivity index (χ0v) is 13.9. The topological polar surface area (TPSA) is 38.0 Å². The molecule has 2 rings (SSSR count). The average molecular weight is 390 g/mol. The zero-order valence-electron chi connectivity index (χ0n) is 9.91. The van der Waals surface area contributed by atoms with Gasteiger partial charge in [-0.3, -0.25) is 0 Å². The van der Waals surface area contributed by atoms with E-state index in [1.54, 1.807) is 11.3 Å². The van der Waals surface area contributed by atoms with E-state index in [-0.39, 0.29) is 6.04 Å². The van der Waals surface area contributed by atoms with E-state index in [2.05, 4.69) is 74.4 Å². The van der Waals surface area contributed by atoms with E-state index in [0.717, 1.165) is 13.9 Å². The number of benzene rings is 1. The largest absolute Gasteiger partial charge is 0.375 e. The predicted molar refractivity (Wildman–Crippen MR) is 86.3 cm³/mol. The maximum absolute atomic E-state index is 5.86. The molecular weight excluding hydrogens is 376 g/mol. The number of aryl methyl sites for hydroxylation is 1. The first-order chi connectivity index (χ1) is 8.60. The molecule has 96 valence electrons. The molecule has 1 atom stereocenters. The van der Waals surface area contributed by atoms with Gasteiger partial charge in [-0.05, 0) is 68.6 Å². The van der Waals surface area contributed by atoms with E-state index in [1.807, 2.05) is 0 Å². The Kier molecular flexibility index (Phi) is 4.84. The number of hydrogen-bond donors (Lipinski definition) is 2. The molecule has 18 heavy (non-hydrogen) atoms. The smallest absolute Gasteiger partial charge is 0.0729 e. The lowest BCUT2D eigenvalue weighted by molar-refractivity contribution is 0.805. The van der Waals surface area contributed by atoms with Crippen LogP contribution in [0.1, 0.15) is 16.5 Å². The molecule has 0 spiro atoms. The van der Waals surface area contributed by atoms with Crippen LogP contribution in [0.25, 0.3) is 0 Å². The molecule has 1 aromatic heterocycles. The van der Waals surface area contributed by atoms with Crippen LogP contribution in [0, 0.1) is 6.92 Å². The third kappa shape index (κ3) is 3.35. The number of halogens is 2. The van der Waals surface area contributed by atoms with Crippen LogP contribution in [0.4, 0.5) is 5.69 Å². The van der Waals surface area contributed by atoms with Crippen molar-refractivity contribution >= 4 is 48.9 Å². The number of thiophene rings is 1. The second-order valence-corrected chi connectivity index (χ2v) is 7.41. The minimum absolute atomic E-state index is 0.138. The molecule has 1 heterocycles. The number of anilines is 1. The van der Waals surface area contributed by atoms with E-state index < -0.39 is 0 Å². The van der Waals surface area contributed by atoms with Crippen molar-refractivity contribution in [1.82, 2.24) is 0 Å². The van der Waals surface area contributed by atoms with Crippen molar-refractivity contribution in [3.05, 3.63) is 49.0 Å². The molecule has 0 fully saturated rings. The molecule has 2 aromatic rings. The van der Waals surface area contributed by atoms with Gasteiger partial charge < -0.3 is 11.1 Å². The molecule has 0 aliphatic rings. The Bertz CT molecular complexity index is 540. The summed E-state index contributed by atoms with van der Waals surface area (Å²) in [5, 5.41) is 3.49. The summed E-state index contributed by atoms with van der Waals surface area (Å²) in [4.78, 5) is 1.23. The van der Waals surface area contributed by atoms with Gasteiger partial charge in [-0.15, -0.1) is 11.3 Å². The highest BCUT2D eigenvalue weighted by Crippen LogP contribution is 2.31. The van der Waals surface area contributed by atoms with Gasteiger partial charge >= 0.3 is 0 Å². The highest BCUT2D eigenvalue weighted by molar-refractivity contribution is 9.11. The SMILES string of the molecule is Cc1ccc(Br)c(NC(CN)c2ccc(Br)s2)c1. The lowest BCUT2D eigenvalue weighted by Gasteiger charge is -2.18. The van der Waals surface area contributed by atoms with Crippen molar-refractivity contribution in [2.24, 2.45) is 5.73 Å². The Morgan fingerprint density at radius 3 is 2.67 bits per heavy atom. The summed E-state index contributed by atoms with van der Waals surface area (Å²) in [6.45, 7) is 2.64. The number of nitrogens with two attached hydrogens (primary N) is 1. The lowest BCUT2D eigenvalue weighted by atomic mass is 10.2. The van der Waals surface area contributed by atoms with Crippen molar-refractivity contribution in [3.8, 4) is 0 Å². The van der Waals surface area contributed by atoms with Crippen LogP contribution in [0.2, 0.25) is 0 Å². The molecular formula is C13H14Br2N2S. The second-order valence-electron chi connectivity index (χ2n) is 4.06. The third-order valence-corrected chi connectivity index (χ3v) is 5.05. The van der Waals surface area contributed by atoms with Crippen LogP contribution in [-0.4, -0.2) is 6.54 Å². The average Bonchev–Trinajstić information content (AvgIpc) is 2.77. The van der Waals surface area contributed by atoms with Crippen LogP contribution in [0.15, 0.2) is 38.6 Å². The maximum atomic E-state index is 5.86. The van der Waals surface area contributed by atoms with Crippen molar-refractivity contribution < 1.29 is 0 Å². The molecule has 2 nitrogen and oxygen atoms in total. The minimum Gasteiger partial charge on any atom is -0.375 e. The summed E-state index contributed by atoms with van der Waals surface area (Å²) in [6, 6.07) is 10.5. The van der Waals surface area contributed by atoms with E-state index in [0.29, 0.717) is 6.54 Å². The van der Waals surface area contributed by atoms with Gasteiger partial charge in [-0.2, -0.15) is 0 Å². The first-order valence-electron chi connectivity index (χ1n) is 5.58. The molecule has 0 saturated carbocycles. The van der Waals surface area contributed by atoms with E-state index >= 15 is 0 Å². The van der Waals surface area contributed by atoms with Gasteiger partial charge in [0.15, 0.2) is 0 Å². The summed E-state index contributed by atoms with van der Waals surface area (Å²) < 4.78 is 2.18. The Morgan fingerprint density at radius 2 is 2.06 bits per heavy atom. The Morgan fingerprint density at radius 1 is 1.28 bits per heavy atom. The third-order valence-electron chi connectivity index (χ3n) is 2.62. The van der Waals surface area contributed by atoms with Crippen LogP contribution >= 0.6 is 43.2 Å². The van der Waals surface area contributed by atoms with Gasteiger partial charge in [0.25, 0.3) is 0 Å². The van der Waals surface area contributed by atoms with Crippen LogP contribution in [-0.2, 0) is 0 Å². The predicted octanol–water partition coefficient (Wildman–Crippen LogP) is 4.69. The Labute approximate surface area is 128 Å². The van der Waals surface area contributed by atoms with Crippen LogP contribution in [0.5, 0.6) is 0 Å². The van der Waals surface area contributed by atoms with E-state index in [1.165, 1.54) is 10.4 Å². The maximum Gasteiger partial charge on any atom is 0.0729 e. The molecule has 5 heteroatoms. The first kappa shape index (κ1) is 14.1. The highest BCUT2D eigenvalue weighted by Gasteiger charge is 2.13. The van der Waals surface area contributed by atoms with Gasteiger partial charge in [-0.1, -0.05) is 6.07 Å². The Hall–Kier alpha value is -0.360. The van der Waals surface area contributed by atoms with Crippen LogP contribution in [0.3, 0.4) is 0 Å². The molecule has 0 saturated heterocycles. The van der Waals surface area contributed by atoms with Gasteiger partial charge in [0.1, 0.15) is 0 Å². The van der Waals surface area contributed by atoms with Crippen molar-refractivity contribution in [3.63, 3.8) is 0 Å². The summed E-state index contributed by atoms with van der Waals surface area (Å²) in [5.41, 5.74) is 8.17. The van der Waals surface area contributed by atoms with Crippen LogP contribution < -0.4 is 11.1 Å². The molecule has 0 amide bonds. The van der Waals surface area contributed by atoms with Crippen molar-refractivity contribution in [2.45, 2.75) is 13.0 Å². The summed E-state index contributed by atoms with van der Waals surface area (Å²) in [6.07, 6.45) is 0. The highest BCUT2D eigenvalue weighted by atomic mass is 79.9. The number of nitrogens with one attached hydrogen (secondary N) is 1. The fourth-order valence-electron chi connectivity index (χ4n) is 1.70. The van der Waals surface area contributed by atoms with Crippen molar-refractivity contribution in [2.75, 3.05) is 11.9 Å². The quantitative estimate of drug-likeness (QED) is 0.795. The van der Waals surface area contributed by atoms with Crippen molar-refractivity contribution in [1.29, 1.82) is 0 Å². The molecule has 0 aliphatic carbocycles.